The minimum absolute atomic E-state index is 0.0476. The summed E-state index contributed by atoms with van der Waals surface area (Å²) in [5.74, 6) is 1.53. The Bertz CT molecular complexity index is 757. The second-order valence-corrected chi connectivity index (χ2v) is 10.1. The number of piperidine rings is 1. The van der Waals surface area contributed by atoms with Gasteiger partial charge >= 0.3 is 6.03 Å². The van der Waals surface area contributed by atoms with E-state index in [0.29, 0.717) is 32.7 Å². The van der Waals surface area contributed by atoms with E-state index in [1.165, 1.54) is 12.8 Å². The van der Waals surface area contributed by atoms with E-state index in [9.17, 15) is 9.90 Å². The molecule has 2 fully saturated rings. The van der Waals surface area contributed by atoms with E-state index in [-0.39, 0.29) is 18.0 Å². The Kier molecular flexibility index (Phi) is 10.5. The van der Waals surface area contributed by atoms with Gasteiger partial charge < -0.3 is 30.1 Å². The molecule has 0 radical (unpaired) electrons. The number of ether oxygens (including phenoxy) is 2. The fourth-order valence-electron chi connectivity index (χ4n) is 5.10. The molecule has 1 aliphatic carbocycles. The normalized spacial score (nSPS) is 21.1. The number of carbonyl (C=O) groups is 1. The second-order valence-electron chi connectivity index (χ2n) is 10.1. The molecule has 0 aromatic heterocycles. The Labute approximate surface area is 205 Å². The van der Waals surface area contributed by atoms with Crippen molar-refractivity contribution in [2.75, 3.05) is 47.0 Å². The number of aliphatic hydroxyl groups is 1. The number of para-hydroxylation sites is 1. The lowest BCUT2D eigenvalue weighted by Gasteiger charge is -2.43. The summed E-state index contributed by atoms with van der Waals surface area (Å²) < 4.78 is 11.5. The summed E-state index contributed by atoms with van der Waals surface area (Å²) in [5.41, 5.74) is -0.196. The Morgan fingerprint density at radius 1 is 1.24 bits per heavy atom. The topological polar surface area (TPSA) is 83.1 Å². The first kappa shape index (κ1) is 26.8. The summed E-state index contributed by atoms with van der Waals surface area (Å²) in [6.07, 6.45) is 7.81. The smallest absolute Gasteiger partial charge is 0.317 e. The third-order valence-corrected chi connectivity index (χ3v) is 7.25. The van der Waals surface area contributed by atoms with Crippen molar-refractivity contribution in [3.05, 3.63) is 29.8 Å². The largest absolute Gasteiger partial charge is 0.493 e. The van der Waals surface area contributed by atoms with E-state index >= 15 is 0 Å². The first-order valence-corrected chi connectivity index (χ1v) is 13.1. The molecule has 2 aliphatic rings. The lowest BCUT2D eigenvalue weighted by molar-refractivity contribution is -0.0580. The molecule has 3 atom stereocenters. The number of nitrogens with zero attached hydrogens (tertiary/aromatic N) is 1. The fourth-order valence-corrected chi connectivity index (χ4v) is 5.10. The molecule has 1 saturated heterocycles. The number of carbonyl (C=O) groups excluding carboxylic acids is 1. The number of unbranched alkanes of at least 4 members (excludes halogenated alkanes) is 1. The summed E-state index contributed by atoms with van der Waals surface area (Å²) in [6.45, 7) is 5.33. The molecule has 34 heavy (non-hydrogen) atoms. The van der Waals surface area contributed by atoms with Crippen molar-refractivity contribution in [1.29, 1.82) is 0 Å². The predicted molar refractivity (Wildman–Crippen MR) is 135 cm³/mol. The van der Waals surface area contributed by atoms with Gasteiger partial charge in [-0.05, 0) is 64.5 Å². The van der Waals surface area contributed by atoms with Gasteiger partial charge in [-0.25, -0.2) is 4.79 Å². The van der Waals surface area contributed by atoms with Crippen molar-refractivity contribution >= 4 is 6.03 Å². The van der Waals surface area contributed by atoms with E-state index < -0.39 is 5.60 Å². The highest BCUT2D eigenvalue weighted by Gasteiger charge is 2.43. The molecule has 1 aromatic carbocycles. The highest BCUT2D eigenvalue weighted by atomic mass is 16.5. The van der Waals surface area contributed by atoms with Crippen molar-refractivity contribution in [3.8, 4) is 5.75 Å². The van der Waals surface area contributed by atoms with Gasteiger partial charge in [0.2, 0.25) is 0 Å². The minimum Gasteiger partial charge on any atom is -0.493 e. The van der Waals surface area contributed by atoms with Crippen LogP contribution < -0.4 is 15.4 Å². The van der Waals surface area contributed by atoms with Gasteiger partial charge in [-0.1, -0.05) is 31.0 Å². The Hall–Kier alpha value is -1.83. The van der Waals surface area contributed by atoms with Crippen molar-refractivity contribution in [3.63, 3.8) is 0 Å². The number of rotatable bonds is 14. The molecule has 1 saturated carbocycles. The number of nitrogens with one attached hydrogen (secondary N) is 2. The molecule has 2 amide bonds. The molecule has 1 aliphatic heterocycles. The van der Waals surface area contributed by atoms with Crippen molar-refractivity contribution in [1.82, 2.24) is 15.5 Å². The maximum atomic E-state index is 12.9. The minimum atomic E-state index is -1.06. The van der Waals surface area contributed by atoms with Gasteiger partial charge in [0, 0.05) is 50.9 Å². The van der Waals surface area contributed by atoms with Crippen LogP contribution in [0.3, 0.4) is 0 Å². The van der Waals surface area contributed by atoms with Gasteiger partial charge in [0.15, 0.2) is 0 Å². The quantitative estimate of drug-likeness (QED) is 0.356. The van der Waals surface area contributed by atoms with Crippen LogP contribution >= 0.6 is 0 Å². The number of methoxy groups -OCH3 is 1. The van der Waals surface area contributed by atoms with E-state index in [0.717, 1.165) is 55.9 Å². The number of likely N-dealkylation sites (N-methyl/N-ethyl adjacent to an activating group) is 1. The molecule has 0 bridgehead atoms. The highest BCUT2D eigenvalue weighted by Crippen LogP contribution is 2.43. The zero-order valence-corrected chi connectivity index (χ0v) is 21.4. The molecule has 192 valence electrons. The standard InChI is InChI=1S/C27H45N3O4/c1-21(19-28-2)29-26(31)30-16-8-9-23(20-30)27(32,15-6-7-17-33-3)24-10-4-5-11-25(24)34-18-14-22-12-13-22/h4-5,10-11,21-23,28,32H,6-9,12-20H2,1-3H3,(H,29,31)/t21-,23+,27?/m0/s1. The summed E-state index contributed by atoms with van der Waals surface area (Å²) in [4.78, 5) is 14.8. The number of hydrogen-bond acceptors (Lipinski definition) is 5. The van der Waals surface area contributed by atoms with E-state index in [2.05, 4.69) is 10.6 Å². The summed E-state index contributed by atoms with van der Waals surface area (Å²) in [7, 11) is 3.59. The summed E-state index contributed by atoms with van der Waals surface area (Å²) in [5, 5.41) is 18.5. The van der Waals surface area contributed by atoms with Crippen LogP contribution in [0.4, 0.5) is 4.79 Å². The van der Waals surface area contributed by atoms with Crippen molar-refractivity contribution in [2.24, 2.45) is 11.8 Å². The van der Waals surface area contributed by atoms with Gasteiger partial charge in [-0.15, -0.1) is 0 Å². The lowest BCUT2D eigenvalue weighted by Crippen LogP contribution is -2.53. The summed E-state index contributed by atoms with van der Waals surface area (Å²) >= 11 is 0. The van der Waals surface area contributed by atoms with Crippen LogP contribution in [0.25, 0.3) is 0 Å². The van der Waals surface area contributed by atoms with Crippen molar-refractivity contribution in [2.45, 2.75) is 69.9 Å². The molecule has 3 N–H and O–H groups in total. The summed E-state index contributed by atoms with van der Waals surface area (Å²) in [6, 6.07) is 7.95. The molecule has 1 heterocycles. The van der Waals surface area contributed by atoms with Gasteiger partial charge in [-0.3, -0.25) is 0 Å². The second kappa shape index (κ2) is 13.3. The zero-order valence-electron chi connectivity index (χ0n) is 21.4. The number of likely N-dealkylation sites (tertiary alicyclic amines) is 1. The number of urea groups is 1. The number of amides is 2. The zero-order chi connectivity index (χ0) is 24.4. The van der Waals surface area contributed by atoms with Crippen LogP contribution in [0.15, 0.2) is 24.3 Å². The first-order chi connectivity index (χ1) is 16.5. The average molecular weight is 476 g/mol. The maximum absolute atomic E-state index is 12.9. The fraction of sp³-hybridized carbons (Fsp3) is 0.741. The van der Waals surface area contributed by atoms with Crippen molar-refractivity contribution < 1.29 is 19.4 Å². The maximum Gasteiger partial charge on any atom is 0.317 e. The Morgan fingerprint density at radius 2 is 2.03 bits per heavy atom. The molecule has 7 nitrogen and oxygen atoms in total. The van der Waals surface area contributed by atoms with Crippen LogP contribution in [0.2, 0.25) is 0 Å². The first-order valence-electron chi connectivity index (χ1n) is 13.1. The molecule has 7 heteroatoms. The van der Waals surface area contributed by atoms with Crippen LogP contribution in [0.1, 0.15) is 63.9 Å². The highest BCUT2D eigenvalue weighted by molar-refractivity contribution is 5.74. The van der Waals surface area contributed by atoms with Gasteiger partial charge in [0.1, 0.15) is 5.75 Å². The van der Waals surface area contributed by atoms with E-state index in [1.807, 2.05) is 43.1 Å². The Morgan fingerprint density at radius 3 is 2.76 bits per heavy atom. The van der Waals surface area contributed by atoms with Gasteiger partial charge in [-0.2, -0.15) is 0 Å². The lowest BCUT2D eigenvalue weighted by atomic mass is 9.73. The molecule has 1 unspecified atom stereocenters. The van der Waals surface area contributed by atoms with Crippen LogP contribution in [0.5, 0.6) is 5.75 Å². The van der Waals surface area contributed by atoms with Gasteiger partial charge in [0.05, 0.1) is 12.2 Å². The Balaban J connectivity index is 1.76. The third-order valence-electron chi connectivity index (χ3n) is 7.25. The van der Waals surface area contributed by atoms with Crippen LogP contribution in [-0.2, 0) is 10.3 Å². The van der Waals surface area contributed by atoms with Crippen LogP contribution in [-0.4, -0.2) is 69.1 Å². The number of hydrogen-bond donors (Lipinski definition) is 3. The molecular weight excluding hydrogens is 430 g/mol. The average Bonchev–Trinajstić information content (AvgIpc) is 3.67. The van der Waals surface area contributed by atoms with E-state index in [4.69, 9.17) is 9.47 Å². The molecular formula is C27H45N3O4. The van der Waals surface area contributed by atoms with Gasteiger partial charge in [0.25, 0.3) is 0 Å². The predicted octanol–water partition coefficient (Wildman–Crippen LogP) is 3.90. The van der Waals surface area contributed by atoms with Crippen LogP contribution in [0, 0.1) is 11.8 Å². The molecule has 3 rings (SSSR count). The third kappa shape index (κ3) is 7.59. The molecule has 0 spiro atoms. The SMILES string of the molecule is CNC[C@H](C)NC(=O)N1CCC[C@@H](C(O)(CCCCOC)c2ccccc2OCCC2CC2)C1. The monoisotopic (exact) mass is 475 g/mol. The molecule has 1 aromatic rings. The number of benzene rings is 1. The van der Waals surface area contributed by atoms with E-state index in [1.54, 1.807) is 7.11 Å².